The van der Waals surface area contributed by atoms with Crippen LogP contribution in [0.25, 0.3) is 0 Å². The Hall–Kier alpha value is -0.990. The lowest BCUT2D eigenvalue weighted by Crippen LogP contribution is -2.49. The third-order valence-corrected chi connectivity index (χ3v) is 4.78. The van der Waals surface area contributed by atoms with E-state index in [2.05, 4.69) is 0 Å². The van der Waals surface area contributed by atoms with Crippen LogP contribution in [0.3, 0.4) is 0 Å². The van der Waals surface area contributed by atoms with Crippen molar-refractivity contribution in [2.24, 2.45) is 0 Å². The lowest BCUT2D eigenvalue weighted by Gasteiger charge is -2.36. The molecule has 1 aromatic rings. The van der Waals surface area contributed by atoms with Gasteiger partial charge in [0, 0.05) is 13.5 Å². The van der Waals surface area contributed by atoms with Crippen LogP contribution in [0.4, 0.5) is 0 Å². The standard InChI is InChI=1S/C14H20O6S/c1-9-4-6-11(7-5-9)21(16,17)20-14-10(2)19-13(18-3)8-12(14)15/h4-7,10,12-15H,8H2,1-3H3/t10-,12+,13+,14+/m1/s1. The minimum absolute atomic E-state index is 0.0568. The average molecular weight is 316 g/mol. The minimum Gasteiger partial charge on any atom is -0.390 e. The maximum Gasteiger partial charge on any atom is 0.297 e. The molecule has 7 heteroatoms. The average Bonchev–Trinajstić information content (AvgIpc) is 2.43. The summed E-state index contributed by atoms with van der Waals surface area (Å²) in [6.45, 7) is 3.51. The Balaban J connectivity index is 2.14. The second-order valence-corrected chi connectivity index (χ2v) is 6.71. The molecular weight excluding hydrogens is 296 g/mol. The highest BCUT2D eigenvalue weighted by Crippen LogP contribution is 2.26. The number of ether oxygens (including phenoxy) is 2. The molecule has 1 N–H and O–H groups in total. The van der Waals surface area contributed by atoms with Gasteiger partial charge < -0.3 is 14.6 Å². The van der Waals surface area contributed by atoms with E-state index in [1.165, 1.54) is 19.2 Å². The van der Waals surface area contributed by atoms with Gasteiger partial charge in [-0.15, -0.1) is 0 Å². The van der Waals surface area contributed by atoms with E-state index < -0.39 is 34.7 Å². The summed E-state index contributed by atoms with van der Waals surface area (Å²) in [5, 5.41) is 10.0. The van der Waals surface area contributed by atoms with E-state index in [1.54, 1.807) is 19.1 Å². The minimum atomic E-state index is -3.95. The van der Waals surface area contributed by atoms with Gasteiger partial charge in [-0.25, -0.2) is 0 Å². The Labute approximate surface area is 124 Å². The summed E-state index contributed by atoms with van der Waals surface area (Å²) >= 11 is 0. The van der Waals surface area contributed by atoms with Crippen molar-refractivity contribution in [3.05, 3.63) is 29.8 Å². The molecule has 0 bridgehead atoms. The van der Waals surface area contributed by atoms with Crippen LogP contribution in [0.1, 0.15) is 18.9 Å². The first-order valence-corrected chi connectivity index (χ1v) is 8.10. The molecule has 0 amide bonds. The van der Waals surface area contributed by atoms with Crippen LogP contribution >= 0.6 is 0 Å². The number of hydrogen-bond acceptors (Lipinski definition) is 6. The third kappa shape index (κ3) is 3.81. The van der Waals surface area contributed by atoms with Gasteiger partial charge in [0.15, 0.2) is 6.29 Å². The molecule has 0 spiro atoms. The van der Waals surface area contributed by atoms with Gasteiger partial charge in [0.2, 0.25) is 0 Å². The second kappa shape index (κ2) is 6.41. The smallest absolute Gasteiger partial charge is 0.297 e. The molecule has 4 atom stereocenters. The summed E-state index contributed by atoms with van der Waals surface area (Å²) in [5.41, 5.74) is 0.950. The number of benzene rings is 1. The normalized spacial score (nSPS) is 30.3. The molecule has 0 unspecified atom stereocenters. The lowest BCUT2D eigenvalue weighted by atomic mass is 10.0. The topological polar surface area (TPSA) is 82.1 Å². The van der Waals surface area contributed by atoms with E-state index in [-0.39, 0.29) is 11.3 Å². The highest BCUT2D eigenvalue weighted by atomic mass is 32.2. The zero-order valence-electron chi connectivity index (χ0n) is 12.2. The molecule has 6 nitrogen and oxygen atoms in total. The number of hydrogen-bond donors (Lipinski definition) is 1. The van der Waals surface area contributed by atoms with Gasteiger partial charge in [-0.2, -0.15) is 8.42 Å². The number of methoxy groups -OCH3 is 1. The van der Waals surface area contributed by atoms with Crippen LogP contribution < -0.4 is 0 Å². The summed E-state index contributed by atoms with van der Waals surface area (Å²) in [6.07, 6.45) is -2.92. The molecule has 1 fully saturated rings. The molecule has 21 heavy (non-hydrogen) atoms. The highest BCUT2D eigenvalue weighted by molar-refractivity contribution is 7.86. The first-order chi connectivity index (χ1) is 9.83. The fraction of sp³-hybridized carbons (Fsp3) is 0.571. The van der Waals surface area contributed by atoms with Crippen LogP contribution in [-0.2, 0) is 23.8 Å². The van der Waals surface area contributed by atoms with Crippen molar-refractivity contribution in [3.8, 4) is 0 Å². The van der Waals surface area contributed by atoms with Gasteiger partial charge in [0.1, 0.15) is 6.10 Å². The number of rotatable bonds is 4. The molecule has 1 aromatic carbocycles. The zero-order chi connectivity index (χ0) is 15.6. The molecule has 0 aromatic heterocycles. The lowest BCUT2D eigenvalue weighted by molar-refractivity contribution is -0.231. The summed E-state index contributed by atoms with van der Waals surface area (Å²) in [4.78, 5) is 0.0568. The zero-order valence-corrected chi connectivity index (χ0v) is 13.0. The Morgan fingerprint density at radius 1 is 1.29 bits per heavy atom. The van der Waals surface area contributed by atoms with Crippen LogP contribution in [0.2, 0.25) is 0 Å². The fourth-order valence-electron chi connectivity index (χ4n) is 2.22. The van der Waals surface area contributed by atoms with Crippen molar-refractivity contribution < 1.29 is 27.2 Å². The number of aliphatic hydroxyl groups excluding tert-OH is 1. The van der Waals surface area contributed by atoms with Crippen molar-refractivity contribution in [2.45, 2.75) is 49.8 Å². The Bertz CT molecular complexity index is 556. The SMILES string of the molecule is CO[C@@H]1C[C@H](O)[C@@H](OS(=O)(=O)c2ccc(C)cc2)[C@@H](C)O1. The van der Waals surface area contributed by atoms with Gasteiger partial charge in [-0.1, -0.05) is 17.7 Å². The summed E-state index contributed by atoms with van der Waals surface area (Å²) in [5.74, 6) is 0. The first-order valence-electron chi connectivity index (χ1n) is 6.70. The van der Waals surface area contributed by atoms with E-state index in [0.29, 0.717) is 0 Å². The molecule has 1 aliphatic rings. The molecule has 118 valence electrons. The maximum absolute atomic E-state index is 12.2. The Morgan fingerprint density at radius 2 is 1.90 bits per heavy atom. The second-order valence-electron chi connectivity index (χ2n) is 5.14. The maximum atomic E-state index is 12.2. The van der Waals surface area contributed by atoms with Crippen molar-refractivity contribution in [1.82, 2.24) is 0 Å². The van der Waals surface area contributed by atoms with Crippen LogP contribution in [0.5, 0.6) is 0 Å². The van der Waals surface area contributed by atoms with Crippen LogP contribution in [0.15, 0.2) is 29.2 Å². The van der Waals surface area contributed by atoms with E-state index in [9.17, 15) is 13.5 Å². The van der Waals surface area contributed by atoms with E-state index in [1.807, 2.05) is 6.92 Å². The van der Waals surface area contributed by atoms with Gasteiger partial charge in [0.05, 0.1) is 17.1 Å². The van der Waals surface area contributed by atoms with Crippen molar-refractivity contribution in [1.29, 1.82) is 0 Å². The van der Waals surface area contributed by atoms with Gasteiger partial charge in [0.25, 0.3) is 10.1 Å². The largest absolute Gasteiger partial charge is 0.390 e. The highest BCUT2D eigenvalue weighted by Gasteiger charge is 2.39. The van der Waals surface area contributed by atoms with Gasteiger partial charge in [-0.05, 0) is 26.0 Å². The van der Waals surface area contributed by atoms with Crippen LogP contribution in [-0.4, -0.2) is 45.2 Å². The number of aliphatic hydroxyl groups is 1. The predicted molar refractivity (Wildman–Crippen MR) is 75.2 cm³/mol. The van der Waals surface area contributed by atoms with Crippen molar-refractivity contribution in [3.63, 3.8) is 0 Å². The van der Waals surface area contributed by atoms with Crippen LogP contribution in [0, 0.1) is 6.92 Å². The third-order valence-electron chi connectivity index (χ3n) is 3.45. The monoisotopic (exact) mass is 316 g/mol. The first kappa shape index (κ1) is 16.4. The van der Waals surface area contributed by atoms with Gasteiger partial charge >= 0.3 is 0 Å². The van der Waals surface area contributed by atoms with E-state index in [4.69, 9.17) is 13.7 Å². The van der Waals surface area contributed by atoms with E-state index >= 15 is 0 Å². The summed E-state index contributed by atoms with van der Waals surface area (Å²) in [6, 6.07) is 6.33. The molecular formula is C14H20O6S. The quantitative estimate of drug-likeness (QED) is 0.841. The molecule has 1 aliphatic heterocycles. The fourth-order valence-corrected chi connectivity index (χ4v) is 3.38. The molecule has 0 radical (unpaired) electrons. The molecule has 2 rings (SSSR count). The van der Waals surface area contributed by atoms with Crippen molar-refractivity contribution >= 4 is 10.1 Å². The summed E-state index contributed by atoms with van der Waals surface area (Å²) in [7, 11) is -2.48. The summed E-state index contributed by atoms with van der Waals surface area (Å²) < 4.78 is 40.1. The number of aryl methyl sites for hydroxylation is 1. The van der Waals surface area contributed by atoms with Crippen molar-refractivity contribution in [2.75, 3.05) is 7.11 Å². The molecule has 0 aliphatic carbocycles. The van der Waals surface area contributed by atoms with Gasteiger partial charge in [-0.3, -0.25) is 4.18 Å². The Kier molecular flexibility index (Phi) is 5.00. The van der Waals surface area contributed by atoms with E-state index in [0.717, 1.165) is 5.56 Å². The molecule has 0 saturated carbocycles. The molecule has 1 saturated heterocycles. The predicted octanol–water partition coefficient (Wildman–Crippen LogP) is 1.21. The Morgan fingerprint density at radius 3 is 2.43 bits per heavy atom. The molecule has 1 heterocycles.